The topological polar surface area (TPSA) is 55.1 Å². The number of fused-ring (bicyclic) bond motifs is 1. The van der Waals surface area contributed by atoms with Crippen LogP contribution in [-0.4, -0.2) is 26.1 Å². The van der Waals surface area contributed by atoms with Crippen molar-refractivity contribution in [3.8, 4) is 0 Å². The third kappa shape index (κ3) is 2.83. The van der Waals surface area contributed by atoms with E-state index in [1.54, 1.807) is 10.6 Å². The second-order valence-electron chi connectivity index (χ2n) is 5.54. The van der Waals surface area contributed by atoms with Crippen LogP contribution in [-0.2, 0) is 5.41 Å². The van der Waals surface area contributed by atoms with Crippen molar-refractivity contribution in [2.45, 2.75) is 19.3 Å². The molecule has 21 heavy (non-hydrogen) atoms. The third-order valence-corrected chi connectivity index (χ3v) is 3.68. The molecule has 0 radical (unpaired) electrons. The van der Waals surface area contributed by atoms with Gasteiger partial charge in [-0.15, -0.1) is 0 Å². The highest BCUT2D eigenvalue weighted by Crippen LogP contribution is 2.24. The first-order valence-electron chi connectivity index (χ1n) is 6.72. The summed E-state index contributed by atoms with van der Waals surface area (Å²) in [5, 5.41) is 7.94. The van der Waals surface area contributed by atoms with Crippen LogP contribution in [0.5, 0.6) is 0 Å². The minimum absolute atomic E-state index is 0.0239. The van der Waals surface area contributed by atoms with Gasteiger partial charge in [-0.25, -0.2) is 0 Å². The molecule has 0 aliphatic carbocycles. The van der Waals surface area contributed by atoms with E-state index in [1.165, 1.54) is 11.9 Å². The van der Waals surface area contributed by atoms with E-state index in [2.05, 4.69) is 58.5 Å². The van der Waals surface area contributed by atoms with Crippen molar-refractivity contribution in [2.24, 2.45) is 0 Å². The highest BCUT2D eigenvalue weighted by atomic mass is 35.5. The van der Waals surface area contributed by atoms with Gasteiger partial charge in [-0.1, -0.05) is 55.8 Å². The Balaban J connectivity index is 1.85. The van der Waals surface area contributed by atoms with E-state index in [4.69, 9.17) is 11.6 Å². The molecule has 6 heteroatoms. The summed E-state index contributed by atoms with van der Waals surface area (Å²) in [6, 6.07) is 12.1. The summed E-state index contributed by atoms with van der Waals surface area (Å²) in [7, 11) is 0. The van der Waals surface area contributed by atoms with Gasteiger partial charge in [0.05, 0.1) is 0 Å². The Hall–Kier alpha value is -2.14. The fourth-order valence-electron chi connectivity index (χ4n) is 2.21. The number of benzene rings is 1. The average Bonchev–Trinajstić information content (AvgIpc) is 2.94. The van der Waals surface area contributed by atoms with Crippen LogP contribution in [0.2, 0.25) is 5.15 Å². The zero-order valence-corrected chi connectivity index (χ0v) is 12.7. The second kappa shape index (κ2) is 5.33. The molecule has 0 saturated carbocycles. The maximum Gasteiger partial charge on any atom is 0.255 e. The van der Waals surface area contributed by atoms with E-state index in [0.29, 0.717) is 10.9 Å². The summed E-state index contributed by atoms with van der Waals surface area (Å²) in [6.07, 6.45) is 1.46. The maximum atomic E-state index is 6.02. The lowest BCUT2D eigenvalue weighted by Gasteiger charge is -2.26. The average molecular weight is 302 g/mol. The summed E-state index contributed by atoms with van der Waals surface area (Å²) < 4.78 is 1.65. The third-order valence-electron chi connectivity index (χ3n) is 3.49. The maximum absolute atomic E-state index is 6.02. The highest BCUT2D eigenvalue weighted by molar-refractivity contribution is 6.29. The Morgan fingerprint density at radius 3 is 2.76 bits per heavy atom. The van der Waals surface area contributed by atoms with Crippen molar-refractivity contribution in [1.82, 2.24) is 19.6 Å². The van der Waals surface area contributed by atoms with Crippen molar-refractivity contribution < 1.29 is 0 Å². The van der Waals surface area contributed by atoms with Gasteiger partial charge < -0.3 is 5.32 Å². The number of rotatable bonds is 4. The normalized spacial score (nSPS) is 11.8. The van der Waals surface area contributed by atoms with E-state index in [9.17, 15) is 0 Å². The van der Waals surface area contributed by atoms with Crippen molar-refractivity contribution in [3.05, 3.63) is 53.4 Å². The quantitative estimate of drug-likeness (QED) is 0.752. The largest absolute Gasteiger partial charge is 0.369 e. The Bertz CT molecular complexity index is 751. The zero-order valence-electron chi connectivity index (χ0n) is 11.9. The minimum Gasteiger partial charge on any atom is -0.369 e. The van der Waals surface area contributed by atoms with Gasteiger partial charge in [0.15, 0.2) is 0 Å². The first kappa shape index (κ1) is 13.8. The van der Waals surface area contributed by atoms with Crippen LogP contribution in [0.4, 0.5) is 5.82 Å². The molecular formula is C15H16ClN5. The zero-order chi connectivity index (χ0) is 14.9. The molecule has 0 atom stereocenters. The van der Waals surface area contributed by atoms with Gasteiger partial charge in [0.25, 0.3) is 5.78 Å². The molecule has 108 valence electrons. The summed E-state index contributed by atoms with van der Waals surface area (Å²) in [4.78, 5) is 8.17. The van der Waals surface area contributed by atoms with Crippen molar-refractivity contribution in [1.29, 1.82) is 0 Å². The number of anilines is 1. The lowest BCUT2D eigenvalue weighted by molar-refractivity contribution is 0.555. The van der Waals surface area contributed by atoms with Crippen LogP contribution >= 0.6 is 11.6 Å². The van der Waals surface area contributed by atoms with Crippen LogP contribution in [0.1, 0.15) is 19.4 Å². The Morgan fingerprint density at radius 2 is 2.00 bits per heavy atom. The molecule has 1 N–H and O–H groups in total. The molecule has 0 aliphatic heterocycles. The first-order valence-corrected chi connectivity index (χ1v) is 7.10. The molecule has 0 unspecified atom stereocenters. The molecule has 2 aromatic heterocycles. The Morgan fingerprint density at radius 1 is 1.24 bits per heavy atom. The van der Waals surface area contributed by atoms with Crippen molar-refractivity contribution in [3.63, 3.8) is 0 Å². The van der Waals surface area contributed by atoms with Crippen LogP contribution in [0.25, 0.3) is 5.78 Å². The van der Waals surface area contributed by atoms with Gasteiger partial charge in [-0.05, 0) is 5.56 Å². The molecule has 0 spiro atoms. The Labute approximate surface area is 128 Å². The predicted molar refractivity (Wildman–Crippen MR) is 83.7 cm³/mol. The summed E-state index contributed by atoms with van der Waals surface area (Å²) in [5.41, 5.74) is 1.25. The van der Waals surface area contributed by atoms with E-state index in [-0.39, 0.29) is 5.41 Å². The number of hydrogen-bond donors (Lipinski definition) is 1. The molecule has 0 bridgehead atoms. The van der Waals surface area contributed by atoms with Crippen molar-refractivity contribution >= 4 is 23.2 Å². The number of halogens is 1. The number of hydrogen-bond acceptors (Lipinski definition) is 4. The van der Waals surface area contributed by atoms with E-state index in [0.717, 1.165) is 12.4 Å². The van der Waals surface area contributed by atoms with Crippen LogP contribution in [0.15, 0.2) is 42.7 Å². The van der Waals surface area contributed by atoms with Gasteiger partial charge in [0.2, 0.25) is 0 Å². The fraction of sp³-hybridized carbons (Fsp3) is 0.267. The molecule has 2 heterocycles. The second-order valence-corrected chi connectivity index (χ2v) is 5.93. The van der Waals surface area contributed by atoms with Gasteiger partial charge in [0.1, 0.15) is 17.3 Å². The number of nitrogens with one attached hydrogen (secondary N) is 1. The monoisotopic (exact) mass is 301 g/mol. The molecule has 0 aliphatic rings. The lowest BCUT2D eigenvalue weighted by Crippen LogP contribution is -2.28. The molecular weight excluding hydrogens is 286 g/mol. The highest BCUT2D eigenvalue weighted by Gasteiger charge is 2.20. The summed E-state index contributed by atoms with van der Waals surface area (Å²) in [6.45, 7) is 5.12. The number of nitrogens with zero attached hydrogens (tertiary/aromatic N) is 4. The molecule has 3 rings (SSSR count). The standard InChI is InChI=1S/C15H16ClN5/c1-15(2,11-6-4-3-5-7-11)9-17-13-8-12(16)20-14-18-10-19-21(13)14/h3-8,10,17H,9H2,1-2H3. The molecule has 0 saturated heterocycles. The molecule has 0 fully saturated rings. The van der Waals surface area contributed by atoms with Crippen molar-refractivity contribution in [2.75, 3.05) is 11.9 Å². The molecule has 1 aromatic carbocycles. The van der Waals surface area contributed by atoms with Crippen LogP contribution < -0.4 is 5.32 Å². The molecule has 5 nitrogen and oxygen atoms in total. The van der Waals surface area contributed by atoms with E-state index in [1.807, 2.05) is 6.07 Å². The Kier molecular flexibility index (Phi) is 3.51. The molecule has 0 amide bonds. The predicted octanol–water partition coefficient (Wildman–Crippen LogP) is 3.17. The van der Waals surface area contributed by atoms with Gasteiger partial charge in [0, 0.05) is 18.0 Å². The summed E-state index contributed by atoms with van der Waals surface area (Å²) in [5.74, 6) is 1.27. The van der Waals surface area contributed by atoms with Gasteiger partial charge in [-0.2, -0.15) is 19.6 Å². The van der Waals surface area contributed by atoms with E-state index >= 15 is 0 Å². The van der Waals surface area contributed by atoms with Crippen LogP contribution in [0, 0.1) is 0 Å². The lowest BCUT2D eigenvalue weighted by atomic mass is 9.85. The van der Waals surface area contributed by atoms with Crippen LogP contribution in [0.3, 0.4) is 0 Å². The smallest absolute Gasteiger partial charge is 0.255 e. The van der Waals surface area contributed by atoms with Gasteiger partial charge in [-0.3, -0.25) is 0 Å². The first-order chi connectivity index (χ1) is 10.1. The van der Waals surface area contributed by atoms with E-state index < -0.39 is 0 Å². The summed E-state index contributed by atoms with van der Waals surface area (Å²) >= 11 is 6.02. The molecule has 3 aromatic rings. The minimum atomic E-state index is -0.0239. The van der Waals surface area contributed by atoms with Gasteiger partial charge >= 0.3 is 0 Å². The number of aromatic nitrogens is 4. The fourth-order valence-corrected chi connectivity index (χ4v) is 2.39. The SMILES string of the molecule is CC(C)(CNc1cc(Cl)nc2ncnn12)c1ccccc1.